The van der Waals surface area contributed by atoms with Crippen molar-refractivity contribution >= 4 is 17.5 Å². The van der Waals surface area contributed by atoms with E-state index < -0.39 is 0 Å². The normalized spacial score (nSPS) is 21.1. The van der Waals surface area contributed by atoms with Crippen molar-refractivity contribution in [3.8, 4) is 0 Å². The van der Waals surface area contributed by atoms with Gasteiger partial charge in [-0.15, -0.1) is 11.6 Å². The molecule has 0 radical (unpaired) electrons. The Bertz CT molecular complexity index is 470. The fourth-order valence-corrected chi connectivity index (χ4v) is 3.15. The molecule has 0 aromatic heterocycles. The number of rotatable bonds is 2. The van der Waals surface area contributed by atoms with E-state index in [9.17, 15) is 4.79 Å². The molecular weight excluding hydrogens is 234 g/mol. The number of aryl methyl sites for hydroxylation is 3. The molecule has 0 aliphatic heterocycles. The lowest BCUT2D eigenvalue weighted by Crippen LogP contribution is -2.28. The van der Waals surface area contributed by atoms with E-state index in [-0.39, 0.29) is 17.8 Å². The number of hydrogen-bond donors (Lipinski definition) is 1. The summed E-state index contributed by atoms with van der Waals surface area (Å²) >= 11 is 5.54. The van der Waals surface area contributed by atoms with Gasteiger partial charge < -0.3 is 5.32 Å². The van der Waals surface area contributed by atoms with Crippen molar-refractivity contribution in [3.63, 3.8) is 0 Å². The zero-order valence-corrected chi connectivity index (χ0v) is 10.5. The Labute approximate surface area is 106 Å². The number of carbonyl (C=O) groups is 1. The maximum absolute atomic E-state index is 11.4. The van der Waals surface area contributed by atoms with E-state index in [1.54, 1.807) is 0 Å². The van der Waals surface area contributed by atoms with E-state index in [4.69, 9.17) is 11.6 Å². The highest BCUT2D eigenvalue weighted by Gasteiger charge is 2.26. The summed E-state index contributed by atoms with van der Waals surface area (Å²) in [4.78, 5) is 11.4. The van der Waals surface area contributed by atoms with Gasteiger partial charge in [-0.25, -0.2) is 0 Å². The van der Waals surface area contributed by atoms with Crippen molar-refractivity contribution in [2.24, 2.45) is 0 Å². The van der Waals surface area contributed by atoms with Crippen LogP contribution in [0.3, 0.4) is 0 Å². The van der Waals surface area contributed by atoms with Gasteiger partial charge in [-0.3, -0.25) is 4.79 Å². The van der Waals surface area contributed by atoms with Crippen LogP contribution in [0.25, 0.3) is 0 Å². The molecule has 0 saturated heterocycles. The van der Waals surface area contributed by atoms with Crippen molar-refractivity contribution in [2.45, 2.75) is 38.1 Å². The predicted octanol–water partition coefficient (Wildman–Crippen LogP) is 2.52. The van der Waals surface area contributed by atoms with Crippen molar-refractivity contribution in [1.29, 1.82) is 0 Å². The molecule has 1 atom stereocenters. The first-order chi connectivity index (χ1) is 8.28. The van der Waals surface area contributed by atoms with Crippen LogP contribution in [0.5, 0.6) is 0 Å². The summed E-state index contributed by atoms with van der Waals surface area (Å²) in [6.45, 7) is 0. The summed E-state index contributed by atoms with van der Waals surface area (Å²) in [7, 11) is 0. The Morgan fingerprint density at radius 1 is 1.24 bits per heavy atom. The third-order valence-electron chi connectivity index (χ3n) is 3.89. The summed E-state index contributed by atoms with van der Waals surface area (Å²) in [6.07, 6.45) is 5.79. The quantitative estimate of drug-likeness (QED) is 0.802. The van der Waals surface area contributed by atoms with Crippen LogP contribution in [0.4, 0.5) is 0 Å². The first kappa shape index (κ1) is 11.1. The maximum Gasteiger partial charge on any atom is 0.235 e. The first-order valence-electron chi connectivity index (χ1n) is 6.28. The van der Waals surface area contributed by atoms with Gasteiger partial charge in [0.25, 0.3) is 0 Å². The zero-order valence-electron chi connectivity index (χ0n) is 9.76. The lowest BCUT2D eigenvalue weighted by atomic mass is 10.0. The first-order valence-corrected chi connectivity index (χ1v) is 6.81. The van der Waals surface area contributed by atoms with Gasteiger partial charge in [0.2, 0.25) is 5.91 Å². The minimum atomic E-state index is -0.0648. The van der Waals surface area contributed by atoms with E-state index in [0.29, 0.717) is 0 Å². The van der Waals surface area contributed by atoms with E-state index in [1.165, 1.54) is 41.5 Å². The number of halogens is 1. The van der Waals surface area contributed by atoms with Crippen LogP contribution >= 0.6 is 11.6 Å². The predicted molar refractivity (Wildman–Crippen MR) is 68.4 cm³/mol. The van der Waals surface area contributed by atoms with Gasteiger partial charge in [-0.05, 0) is 54.4 Å². The van der Waals surface area contributed by atoms with Crippen LogP contribution in [-0.2, 0) is 24.1 Å². The molecule has 2 aliphatic rings. The molecular formula is C14H16ClNO. The second-order valence-electron chi connectivity index (χ2n) is 4.97. The van der Waals surface area contributed by atoms with Gasteiger partial charge in [0.1, 0.15) is 5.88 Å². The number of carbonyl (C=O) groups excluding carboxylic acids is 1. The van der Waals surface area contributed by atoms with Gasteiger partial charge in [0, 0.05) is 0 Å². The van der Waals surface area contributed by atoms with Gasteiger partial charge in [-0.2, -0.15) is 0 Å². The van der Waals surface area contributed by atoms with E-state index in [0.717, 1.165) is 12.8 Å². The highest BCUT2D eigenvalue weighted by atomic mass is 35.5. The average molecular weight is 250 g/mol. The minimum absolute atomic E-state index is 0.0524. The Kier molecular flexibility index (Phi) is 2.83. The van der Waals surface area contributed by atoms with Crippen molar-refractivity contribution in [2.75, 3.05) is 5.88 Å². The number of benzene rings is 1. The van der Waals surface area contributed by atoms with Crippen LogP contribution in [-0.4, -0.2) is 11.8 Å². The molecule has 0 unspecified atom stereocenters. The standard InChI is InChI=1S/C14H16ClNO/c15-8-14(17)16-13-5-4-11-6-9-2-1-3-10(9)7-12(11)13/h6-7,13H,1-5,8H2,(H,16,17)/t13-/m1/s1. The molecule has 1 aromatic rings. The summed E-state index contributed by atoms with van der Waals surface area (Å²) < 4.78 is 0. The summed E-state index contributed by atoms with van der Waals surface area (Å²) in [5, 5.41) is 3.01. The molecule has 3 heteroatoms. The van der Waals surface area contributed by atoms with Crippen LogP contribution < -0.4 is 5.32 Å². The molecule has 2 nitrogen and oxygen atoms in total. The molecule has 3 rings (SSSR count). The zero-order chi connectivity index (χ0) is 11.8. The highest BCUT2D eigenvalue weighted by molar-refractivity contribution is 6.27. The summed E-state index contributed by atoms with van der Waals surface area (Å²) in [6, 6.07) is 4.84. The molecule has 0 bridgehead atoms. The fraction of sp³-hybridized carbons (Fsp3) is 0.500. The third kappa shape index (κ3) is 1.95. The third-order valence-corrected chi connectivity index (χ3v) is 4.13. The van der Waals surface area contributed by atoms with Crippen LogP contribution in [0, 0.1) is 0 Å². The van der Waals surface area contributed by atoms with Gasteiger partial charge in [-0.1, -0.05) is 12.1 Å². The Morgan fingerprint density at radius 2 is 2.00 bits per heavy atom. The molecule has 0 heterocycles. The highest BCUT2D eigenvalue weighted by Crippen LogP contribution is 2.35. The molecule has 90 valence electrons. The monoisotopic (exact) mass is 249 g/mol. The van der Waals surface area contributed by atoms with E-state index in [2.05, 4.69) is 17.4 Å². The topological polar surface area (TPSA) is 29.1 Å². The van der Waals surface area contributed by atoms with Gasteiger partial charge in [0.15, 0.2) is 0 Å². The molecule has 1 amide bonds. The molecule has 2 aliphatic carbocycles. The second kappa shape index (κ2) is 4.34. The number of fused-ring (bicyclic) bond motifs is 2. The molecule has 0 saturated carbocycles. The van der Waals surface area contributed by atoms with Crippen molar-refractivity contribution in [1.82, 2.24) is 5.32 Å². The fourth-order valence-electron chi connectivity index (χ4n) is 3.07. The minimum Gasteiger partial charge on any atom is -0.348 e. The maximum atomic E-state index is 11.4. The van der Waals surface area contributed by atoms with Crippen molar-refractivity contribution < 1.29 is 4.79 Å². The molecule has 17 heavy (non-hydrogen) atoms. The summed E-state index contributed by atoms with van der Waals surface area (Å²) in [5.74, 6) is -0.0124. The Hall–Kier alpha value is -1.02. The SMILES string of the molecule is O=C(CCl)N[C@@H]1CCc2cc3c(cc21)CCC3. The summed E-state index contributed by atoms with van der Waals surface area (Å²) in [5.41, 5.74) is 5.75. The smallest absolute Gasteiger partial charge is 0.235 e. The van der Waals surface area contributed by atoms with E-state index in [1.807, 2.05) is 0 Å². The molecule has 1 N–H and O–H groups in total. The number of amides is 1. The van der Waals surface area contributed by atoms with Gasteiger partial charge >= 0.3 is 0 Å². The Morgan fingerprint density at radius 3 is 2.76 bits per heavy atom. The number of alkyl halides is 1. The number of hydrogen-bond acceptors (Lipinski definition) is 1. The van der Waals surface area contributed by atoms with Gasteiger partial charge in [0.05, 0.1) is 6.04 Å². The Balaban J connectivity index is 1.89. The molecule has 0 spiro atoms. The lowest BCUT2D eigenvalue weighted by molar-refractivity contribution is -0.119. The number of nitrogens with one attached hydrogen (secondary N) is 1. The van der Waals surface area contributed by atoms with Crippen LogP contribution in [0.1, 0.15) is 41.1 Å². The largest absolute Gasteiger partial charge is 0.348 e. The average Bonchev–Trinajstić information content (AvgIpc) is 2.93. The van der Waals surface area contributed by atoms with Crippen LogP contribution in [0.2, 0.25) is 0 Å². The lowest BCUT2D eigenvalue weighted by Gasteiger charge is -2.14. The molecule has 1 aromatic carbocycles. The second-order valence-corrected chi connectivity index (χ2v) is 5.23. The molecule has 0 fully saturated rings. The van der Waals surface area contributed by atoms with E-state index >= 15 is 0 Å². The van der Waals surface area contributed by atoms with Crippen LogP contribution in [0.15, 0.2) is 12.1 Å². The van der Waals surface area contributed by atoms with Crippen molar-refractivity contribution in [3.05, 3.63) is 34.4 Å².